The molecule has 2 aromatic rings. The second kappa shape index (κ2) is 7.31. The predicted molar refractivity (Wildman–Crippen MR) is 82.6 cm³/mol. The monoisotopic (exact) mass is 302 g/mol. The van der Waals surface area contributed by atoms with Crippen LogP contribution in [0, 0.1) is 0 Å². The second-order valence-corrected chi connectivity index (χ2v) is 4.55. The van der Waals surface area contributed by atoms with Gasteiger partial charge in [-0.05, 0) is 30.3 Å². The molecule has 0 unspecified atom stereocenters. The fourth-order valence-electron chi connectivity index (χ4n) is 1.92. The number of nitrogens with zero attached hydrogens (tertiary/aromatic N) is 1. The van der Waals surface area contributed by atoms with Gasteiger partial charge in [-0.15, -0.1) is 0 Å². The fraction of sp³-hybridized carbons (Fsp3) is 0.250. The number of pyridine rings is 1. The normalized spacial score (nSPS) is 10.1. The first-order valence-corrected chi connectivity index (χ1v) is 6.83. The number of methoxy groups -OCH3 is 1. The van der Waals surface area contributed by atoms with Crippen LogP contribution in [0.4, 0.5) is 0 Å². The molecule has 0 saturated heterocycles. The number of amides is 1. The van der Waals surface area contributed by atoms with Gasteiger partial charge in [0.25, 0.3) is 11.5 Å². The molecule has 0 spiro atoms. The Morgan fingerprint density at radius 1 is 1.14 bits per heavy atom. The highest BCUT2D eigenvalue weighted by atomic mass is 16.5. The van der Waals surface area contributed by atoms with Gasteiger partial charge < -0.3 is 19.4 Å². The molecule has 2 rings (SSSR count). The predicted octanol–water partition coefficient (Wildman–Crippen LogP) is 1.30. The fourth-order valence-corrected chi connectivity index (χ4v) is 1.92. The summed E-state index contributed by atoms with van der Waals surface area (Å²) in [5.41, 5.74) is 0.262. The molecule has 0 radical (unpaired) electrons. The Labute approximate surface area is 128 Å². The summed E-state index contributed by atoms with van der Waals surface area (Å²) in [4.78, 5) is 23.3. The third-order valence-electron chi connectivity index (χ3n) is 3.13. The molecule has 0 fully saturated rings. The van der Waals surface area contributed by atoms with Crippen LogP contribution in [0.15, 0.2) is 47.4 Å². The van der Waals surface area contributed by atoms with Crippen LogP contribution >= 0.6 is 0 Å². The van der Waals surface area contributed by atoms with Crippen molar-refractivity contribution in [2.24, 2.45) is 0 Å². The standard InChI is InChI=1S/C16H18N2O4/c1-17-16(20)12-3-8-15(19)18(11-12)9-10-22-14-6-4-13(21-2)5-7-14/h3-8,11H,9-10H2,1-2H3,(H,17,20). The van der Waals surface area contributed by atoms with Gasteiger partial charge in [-0.25, -0.2) is 0 Å². The van der Waals surface area contributed by atoms with Gasteiger partial charge in [-0.3, -0.25) is 9.59 Å². The topological polar surface area (TPSA) is 69.6 Å². The van der Waals surface area contributed by atoms with E-state index in [1.807, 2.05) is 0 Å². The number of carbonyl (C=O) groups excluding carboxylic acids is 1. The summed E-state index contributed by atoms with van der Waals surface area (Å²) in [6.45, 7) is 0.680. The van der Waals surface area contributed by atoms with Crippen molar-refractivity contribution in [1.82, 2.24) is 9.88 Å². The van der Waals surface area contributed by atoms with E-state index in [4.69, 9.17) is 9.47 Å². The zero-order chi connectivity index (χ0) is 15.9. The minimum absolute atomic E-state index is 0.175. The summed E-state index contributed by atoms with van der Waals surface area (Å²) in [5.74, 6) is 1.21. The van der Waals surface area contributed by atoms with Gasteiger partial charge >= 0.3 is 0 Å². The first-order valence-electron chi connectivity index (χ1n) is 6.83. The van der Waals surface area contributed by atoms with Crippen molar-refractivity contribution in [3.63, 3.8) is 0 Å². The van der Waals surface area contributed by atoms with Crippen LogP contribution in [-0.2, 0) is 6.54 Å². The molecule has 0 atom stereocenters. The first kappa shape index (κ1) is 15.6. The Hall–Kier alpha value is -2.76. The quantitative estimate of drug-likeness (QED) is 0.873. The van der Waals surface area contributed by atoms with E-state index in [-0.39, 0.29) is 11.5 Å². The average molecular weight is 302 g/mol. The number of nitrogens with one attached hydrogen (secondary N) is 1. The molecule has 6 heteroatoms. The lowest BCUT2D eigenvalue weighted by atomic mass is 10.2. The Morgan fingerprint density at radius 3 is 2.45 bits per heavy atom. The molecular formula is C16H18N2O4. The molecule has 1 aromatic carbocycles. The van der Waals surface area contributed by atoms with E-state index < -0.39 is 0 Å². The van der Waals surface area contributed by atoms with Gasteiger partial charge in [0.1, 0.15) is 18.1 Å². The Balaban J connectivity index is 1.98. The number of carbonyl (C=O) groups is 1. The Bertz CT molecular complexity index is 692. The number of hydrogen-bond donors (Lipinski definition) is 1. The van der Waals surface area contributed by atoms with Gasteiger partial charge in [-0.2, -0.15) is 0 Å². The molecule has 1 amide bonds. The molecule has 1 aromatic heterocycles. The van der Waals surface area contributed by atoms with Crippen molar-refractivity contribution >= 4 is 5.91 Å². The first-order chi connectivity index (χ1) is 10.6. The van der Waals surface area contributed by atoms with Crippen LogP contribution in [0.1, 0.15) is 10.4 Å². The molecule has 6 nitrogen and oxygen atoms in total. The summed E-state index contributed by atoms with van der Waals surface area (Å²) < 4.78 is 12.1. The summed E-state index contributed by atoms with van der Waals surface area (Å²) in [7, 11) is 3.15. The van der Waals surface area contributed by atoms with Crippen molar-refractivity contribution in [2.75, 3.05) is 20.8 Å². The van der Waals surface area contributed by atoms with E-state index in [2.05, 4.69) is 5.32 Å². The zero-order valence-electron chi connectivity index (χ0n) is 12.5. The van der Waals surface area contributed by atoms with Crippen LogP contribution in [-0.4, -0.2) is 31.2 Å². The SMILES string of the molecule is CNC(=O)c1ccc(=O)n(CCOc2ccc(OC)cc2)c1. The average Bonchev–Trinajstić information content (AvgIpc) is 2.56. The highest BCUT2D eigenvalue weighted by Crippen LogP contribution is 2.16. The van der Waals surface area contributed by atoms with Gasteiger partial charge in [0.2, 0.25) is 0 Å². The molecule has 0 aliphatic heterocycles. The van der Waals surface area contributed by atoms with Crippen molar-refractivity contribution < 1.29 is 14.3 Å². The molecule has 116 valence electrons. The summed E-state index contributed by atoms with van der Waals surface area (Å²) in [6.07, 6.45) is 1.53. The largest absolute Gasteiger partial charge is 0.497 e. The maximum Gasteiger partial charge on any atom is 0.252 e. The number of aromatic nitrogens is 1. The molecule has 0 aliphatic carbocycles. The maximum absolute atomic E-state index is 11.8. The van der Waals surface area contributed by atoms with E-state index in [1.165, 1.54) is 22.9 Å². The Kier molecular flexibility index (Phi) is 5.19. The lowest BCUT2D eigenvalue weighted by Crippen LogP contribution is -2.25. The van der Waals surface area contributed by atoms with E-state index in [9.17, 15) is 9.59 Å². The summed E-state index contributed by atoms with van der Waals surface area (Å²) in [6, 6.07) is 10.1. The second-order valence-electron chi connectivity index (χ2n) is 4.55. The van der Waals surface area contributed by atoms with Crippen LogP contribution < -0.4 is 20.3 Å². The Morgan fingerprint density at radius 2 is 1.82 bits per heavy atom. The van der Waals surface area contributed by atoms with Gasteiger partial charge in [-0.1, -0.05) is 0 Å². The van der Waals surface area contributed by atoms with Crippen LogP contribution in [0.2, 0.25) is 0 Å². The molecule has 1 heterocycles. The molecule has 1 N–H and O–H groups in total. The van der Waals surface area contributed by atoms with E-state index in [1.54, 1.807) is 38.4 Å². The minimum Gasteiger partial charge on any atom is -0.497 e. The molecule has 0 saturated carbocycles. The van der Waals surface area contributed by atoms with Gasteiger partial charge in [0, 0.05) is 19.3 Å². The lowest BCUT2D eigenvalue weighted by Gasteiger charge is -2.10. The number of hydrogen-bond acceptors (Lipinski definition) is 4. The lowest BCUT2D eigenvalue weighted by molar-refractivity contribution is 0.0962. The smallest absolute Gasteiger partial charge is 0.252 e. The van der Waals surface area contributed by atoms with Gasteiger partial charge in [0.15, 0.2) is 0 Å². The third kappa shape index (κ3) is 3.88. The van der Waals surface area contributed by atoms with Gasteiger partial charge in [0.05, 0.1) is 19.2 Å². The van der Waals surface area contributed by atoms with E-state index >= 15 is 0 Å². The van der Waals surface area contributed by atoms with E-state index in [0.29, 0.717) is 24.5 Å². The van der Waals surface area contributed by atoms with Crippen LogP contribution in [0.5, 0.6) is 11.5 Å². The highest BCUT2D eigenvalue weighted by Gasteiger charge is 2.05. The van der Waals surface area contributed by atoms with Crippen molar-refractivity contribution in [1.29, 1.82) is 0 Å². The summed E-state index contributed by atoms with van der Waals surface area (Å²) in [5, 5.41) is 2.52. The van der Waals surface area contributed by atoms with Crippen LogP contribution in [0.3, 0.4) is 0 Å². The van der Waals surface area contributed by atoms with Crippen molar-refractivity contribution in [3.8, 4) is 11.5 Å². The number of rotatable bonds is 6. The molecular weight excluding hydrogens is 284 g/mol. The zero-order valence-corrected chi connectivity index (χ0v) is 12.5. The van der Waals surface area contributed by atoms with Crippen molar-refractivity contribution in [2.45, 2.75) is 6.54 Å². The molecule has 0 bridgehead atoms. The third-order valence-corrected chi connectivity index (χ3v) is 3.13. The molecule has 0 aliphatic rings. The number of ether oxygens (including phenoxy) is 2. The molecule has 22 heavy (non-hydrogen) atoms. The van der Waals surface area contributed by atoms with Crippen LogP contribution in [0.25, 0.3) is 0 Å². The number of benzene rings is 1. The summed E-state index contributed by atoms with van der Waals surface area (Å²) >= 11 is 0. The van der Waals surface area contributed by atoms with E-state index in [0.717, 1.165) is 5.75 Å². The maximum atomic E-state index is 11.8. The highest BCUT2D eigenvalue weighted by molar-refractivity contribution is 5.93. The minimum atomic E-state index is -0.232. The van der Waals surface area contributed by atoms with Crippen molar-refractivity contribution in [3.05, 3.63) is 58.5 Å².